The van der Waals surface area contributed by atoms with Crippen molar-refractivity contribution in [1.29, 1.82) is 0 Å². The largest absolute Gasteiger partial charge is 0.378 e. The lowest BCUT2D eigenvalue weighted by molar-refractivity contribution is 0.0302. The summed E-state index contributed by atoms with van der Waals surface area (Å²) in [5.74, 6) is 1.81. The lowest BCUT2D eigenvalue weighted by Crippen LogP contribution is -2.40. The number of rotatable bonds is 2. The fourth-order valence-corrected chi connectivity index (χ4v) is 4.01. The summed E-state index contributed by atoms with van der Waals surface area (Å²) in [7, 11) is 2.21. The predicted molar refractivity (Wildman–Crippen MR) is 87.7 cm³/mol. The van der Waals surface area contributed by atoms with Crippen molar-refractivity contribution in [1.82, 2.24) is 14.8 Å². The lowest BCUT2D eigenvalue weighted by atomic mass is 10.1. The molecule has 3 aliphatic rings. The van der Waals surface area contributed by atoms with Gasteiger partial charge in [-0.2, -0.15) is 0 Å². The molecule has 0 radical (unpaired) electrons. The van der Waals surface area contributed by atoms with Gasteiger partial charge in [0.1, 0.15) is 5.82 Å². The number of carbonyl (C=O) groups is 1. The van der Waals surface area contributed by atoms with Crippen molar-refractivity contribution in [3.05, 3.63) is 23.9 Å². The van der Waals surface area contributed by atoms with Crippen LogP contribution in [-0.2, 0) is 4.74 Å². The second-order valence-electron chi connectivity index (χ2n) is 6.81. The number of anilines is 1. The Morgan fingerprint density at radius 1 is 1.22 bits per heavy atom. The highest BCUT2D eigenvalue weighted by molar-refractivity contribution is 5.94. The maximum Gasteiger partial charge on any atom is 0.255 e. The number of hydrogen-bond acceptors (Lipinski definition) is 5. The first kappa shape index (κ1) is 14.9. The standard InChI is InChI=1S/C17H24N4O2/c1-19-5-4-14-11-21(12-15(14)19)16-3-2-13(10-18-16)17(22)20-6-8-23-9-7-20/h2-3,10,14-15H,4-9,11-12H2,1H3/t14-,15+/m0/s1. The minimum atomic E-state index is 0.0605. The Labute approximate surface area is 137 Å². The summed E-state index contributed by atoms with van der Waals surface area (Å²) in [5, 5.41) is 0. The van der Waals surface area contributed by atoms with Gasteiger partial charge in [0, 0.05) is 38.4 Å². The first-order chi connectivity index (χ1) is 11.2. The number of fused-ring (bicyclic) bond motifs is 1. The topological polar surface area (TPSA) is 48.9 Å². The number of ether oxygens (including phenoxy) is 1. The predicted octanol–water partition coefficient (Wildman–Crippen LogP) is 0.694. The first-order valence-corrected chi connectivity index (χ1v) is 8.50. The summed E-state index contributed by atoms with van der Waals surface area (Å²) >= 11 is 0. The van der Waals surface area contributed by atoms with E-state index >= 15 is 0 Å². The molecule has 6 nitrogen and oxygen atoms in total. The minimum absolute atomic E-state index is 0.0605. The van der Waals surface area contributed by atoms with E-state index in [-0.39, 0.29) is 5.91 Å². The van der Waals surface area contributed by atoms with Gasteiger partial charge >= 0.3 is 0 Å². The zero-order chi connectivity index (χ0) is 15.8. The summed E-state index contributed by atoms with van der Waals surface area (Å²) in [6.45, 7) is 5.93. The average Bonchev–Trinajstić information content (AvgIpc) is 3.18. The zero-order valence-electron chi connectivity index (χ0n) is 13.6. The normalized spacial score (nSPS) is 28.2. The molecule has 0 N–H and O–H groups in total. The number of nitrogens with zero attached hydrogens (tertiary/aromatic N) is 4. The fraction of sp³-hybridized carbons (Fsp3) is 0.647. The lowest BCUT2D eigenvalue weighted by Gasteiger charge is -2.27. The maximum atomic E-state index is 12.4. The van der Waals surface area contributed by atoms with Crippen molar-refractivity contribution < 1.29 is 9.53 Å². The minimum Gasteiger partial charge on any atom is -0.378 e. The number of amides is 1. The number of morpholine rings is 1. The third-order valence-electron chi connectivity index (χ3n) is 5.44. The molecular weight excluding hydrogens is 292 g/mol. The van der Waals surface area contributed by atoms with Crippen LogP contribution in [0.5, 0.6) is 0 Å². The summed E-state index contributed by atoms with van der Waals surface area (Å²) in [5.41, 5.74) is 0.673. The number of likely N-dealkylation sites (N-methyl/N-ethyl adjacent to an activating group) is 1. The summed E-state index contributed by atoms with van der Waals surface area (Å²) < 4.78 is 5.30. The molecule has 0 saturated carbocycles. The second-order valence-corrected chi connectivity index (χ2v) is 6.81. The van der Waals surface area contributed by atoms with Crippen molar-refractivity contribution in [3.63, 3.8) is 0 Å². The van der Waals surface area contributed by atoms with Crippen molar-refractivity contribution in [2.24, 2.45) is 5.92 Å². The quantitative estimate of drug-likeness (QED) is 0.804. The van der Waals surface area contributed by atoms with E-state index in [0.717, 1.165) is 24.8 Å². The molecule has 6 heteroatoms. The smallest absolute Gasteiger partial charge is 0.255 e. The molecular formula is C17H24N4O2. The molecule has 0 spiro atoms. The van der Waals surface area contributed by atoms with Crippen LogP contribution in [0.15, 0.2) is 18.3 Å². The Hall–Kier alpha value is -1.66. The van der Waals surface area contributed by atoms with E-state index in [0.29, 0.717) is 37.9 Å². The van der Waals surface area contributed by atoms with Crippen molar-refractivity contribution in [2.75, 3.05) is 57.9 Å². The highest BCUT2D eigenvalue weighted by Gasteiger charge is 2.39. The highest BCUT2D eigenvalue weighted by Crippen LogP contribution is 2.32. The van der Waals surface area contributed by atoms with Gasteiger partial charge in [0.15, 0.2) is 0 Å². The Kier molecular flexibility index (Phi) is 3.95. The fourth-order valence-electron chi connectivity index (χ4n) is 4.01. The van der Waals surface area contributed by atoms with Crippen LogP contribution in [0.25, 0.3) is 0 Å². The van der Waals surface area contributed by atoms with Gasteiger partial charge in [-0.3, -0.25) is 4.79 Å². The maximum absolute atomic E-state index is 12.4. The van der Waals surface area contributed by atoms with Crippen LogP contribution in [0.1, 0.15) is 16.8 Å². The van der Waals surface area contributed by atoms with Crippen LogP contribution in [0.4, 0.5) is 5.82 Å². The molecule has 3 fully saturated rings. The molecule has 4 heterocycles. The van der Waals surface area contributed by atoms with E-state index in [2.05, 4.69) is 21.8 Å². The highest BCUT2D eigenvalue weighted by atomic mass is 16.5. The Balaban J connectivity index is 1.43. The number of carbonyl (C=O) groups excluding carboxylic acids is 1. The number of pyridine rings is 1. The molecule has 1 aromatic rings. The van der Waals surface area contributed by atoms with Crippen LogP contribution in [0.3, 0.4) is 0 Å². The first-order valence-electron chi connectivity index (χ1n) is 8.50. The van der Waals surface area contributed by atoms with E-state index < -0.39 is 0 Å². The van der Waals surface area contributed by atoms with Gasteiger partial charge in [-0.05, 0) is 38.1 Å². The van der Waals surface area contributed by atoms with E-state index in [1.807, 2.05) is 17.0 Å². The van der Waals surface area contributed by atoms with E-state index in [4.69, 9.17) is 4.74 Å². The van der Waals surface area contributed by atoms with Crippen LogP contribution < -0.4 is 4.90 Å². The zero-order valence-corrected chi connectivity index (χ0v) is 13.6. The molecule has 4 rings (SSSR count). The third-order valence-corrected chi connectivity index (χ3v) is 5.44. The molecule has 124 valence electrons. The van der Waals surface area contributed by atoms with Crippen molar-refractivity contribution >= 4 is 11.7 Å². The Bertz CT molecular complexity index is 570. The van der Waals surface area contributed by atoms with Crippen molar-refractivity contribution in [2.45, 2.75) is 12.5 Å². The number of likely N-dealkylation sites (tertiary alicyclic amines) is 1. The SMILES string of the molecule is CN1CC[C@H]2CN(c3ccc(C(=O)N4CCOCC4)cn3)C[C@H]21. The summed E-state index contributed by atoms with van der Waals surface area (Å²) in [6.07, 6.45) is 3.01. The third kappa shape index (κ3) is 2.81. The van der Waals surface area contributed by atoms with E-state index in [1.165, 1.54) is 13.0 Å². The van der Waals surface area contributed by atoms with Crippen LogP contribution in [-0.4, -0.2) is 79.7 Å². The van der Waals surface area contributed by atoms with Gasteiger partial charge in [-0.15, -0.1) is 0 Å². The van der Waals surface area contributed by atoms with Crippen LogP contribution >= 0.6 is 0 Å². The Morgan fingerprint density at radius 3 is 2.74 bits per heavy atom. The van der Waals surface area contributed by atoms with Gasteiger partial charge in [0.2, 0.25) is 0 Å². The average molecular weight is 316 g/mol. The van der Waals surface area contributed by atoms with Crippen LogP contribution in [0, 0.1) is 5.92 Å². The van der Waals surface area contributed by atoms with Gasteiger partial charge in [0.05, 0.1) is 18.8 Å². The molecule has 3 saturated heterocycles. The summed E-state index contributed by atoms with van der Waals surface area (Å²) in [6, 6.07) is 4.57. The van der Waals surface area contributed by atoms with Crippen LogP contribution in [0.2, 0.25) is 0 Å². The molecule has 0 unspecified atom stereocenters. The van der Waals surface area contributed by atoms with Gasteiger partial charge < -0.3 is 19.4 Å². The molecule has 0 bridgehead atoms. The molecule has 23 heavy (non-hydrogen) atoms. The van der Waals surface area contributed by atoms with E-state index in [1.54, 1.807) is 6.20 Å². The molecule has 2 atom stereocenters. The number of hydrogen-bond donors (Lipinski definition) is 0. The van der Waals surface area contributed by atoms with Gasteiger partial charge in [-0.25, -0.2) is 4.98 Å². The van der Waals surface area contributed by atoms with E-state index in [9.17, 15) is 4.79 Å². The molecule has 1 amide bonds. The summed E-state index contributed by atoms with van der Waals surface area (Å²) in [4.78, 5) is 23.7. The molecule has 0 aromatic carbocycles. The van der Waals surface area contributed by atoms with Gasteiger partial charge in [-0.1, -0.05) is 0 Å². The number of aromatic nitrogens is 1. The second kappa shape index (κ2) is 6.09. The van der Waals surface area contributed by atoms with Crippen molar-refractivity contribution in [3.8, 4) is 0 Å². The monoisotopic (exact) mass is 316 g/mol. The molecule has 3 aliphatic heterocycles. The Morgan fingerprint density at radius 2 is 2.04 bits per heavy atom. The molecule has 1 aromatic heterocycles. The molecule has 0 aliphatic carbocycles. The van der Waals surface area contributed by atoms with Gasteiger partial charge in [0.25, 0.3) is 5.91 Å².